The summed E-state index contributed by atoms with van der Waals surface area (Å²) in [6.45, 7) is 1.88. The molecule has 1 aromatic carbocycles. The molecular weight excluding hydrogens is 243 g/mol. The van der Waals surface area contributed by atoms with Gasteiger partial charge in [-0.05, 0) is 36.2 Å². The Balaban J connectivity index is 2.50. The van der Waals surface area contributed by atoms with Crippen molar-refractivity contribution in [3.8, 4) is 5.69 Å². The van der Waals surface area contributed by atoms with Crippen LogP contribution in [0.5, 0.6) is 0 Å². The normalized spacial score (nSPS) is 11.8. The second-order valence-corrected chi connectivity index (χ2v) is 4.01. The maximum absolute atomic E-state index is 12.6. The first-order chi connectivity index (χ1) is 8.41. The Morgan fingerprint density at radius 3 is 2.56 bits per heavy atom. The first kappa shape index (κ1) is 12.6. The van der Waals surface area contributed by atoms with Crippen LogP contribution in [0, 0.1) is 6.92 Å². The van der Waals surface area contributed by atoms with Crippen molar-refractivity contribution in [3.05, 3.63) is 47.3 Å². The maximum Gasteiger partial charge on any atom is 0.416 e. The monoisotopic (exact) mass is 255 g/mol. The molecule has 1 aromatic heterocycles. The molecule has 0 radical (unpaired) electrons. The molecule has 0 aliphatic carbocycles. The highest BCUT2D eigenvalue weighted by molar-refractivity contribution is 5.44. The van der Waals surface area contributed by atoms with E-state index in [9.17, 15) is 13.2 Å². The molecule has 0 amide bonds. The van der Waals surface area contributed by atoms with E-state index in [0.29, 0.717) is 11.3 Å². The van der Waals surface area contributed by atoms with Gasteiger partial charge in [-0.1, -0.05) is 0 Å². The molecule has 2 N–H and O–H groups in total. The number of alkyl halides is 3. The second kappa shape index (κ2) is 4.45. The van der Waals surface area contributed by atoms with Crippen LogP contribution in [-0.2, 0) is 12.7 Å². The van der Waals surface area contributed by atoms with E-state index >= 15 is 0 Å². The zero-order valence-electron chi connectivity index (χ0n) is 9.70. The van der Waals surface area contributed by atoms with Gasteiger partial charge in [0.25, 0.3) is 0 Å². The summed E-state index contributed by atoms with van der Waals surface area (Å²) in [5, 5.41) is 4.07. The molecule has 6 heteroatoms. The topological polar surface area (TPSA) is 43.8 Å². The van der Waals surface area contributed by atoms with E-state index in [1.807, 2.05) is 6.92 Å². The van der Waals surface area contributed by atoms with Crippen molar-refractivity contribution in [2.75, 3.05) is 0 Å². The summed E-state index contributed by atoms with van der Waals surface area (Å²) >= 11 is 0. The molecule has 0 spiro atoms. The summed E-state index contributed by atoms with van der Waals surface area (Å²) in [4.78, 5) is 0. The van der Waals surface area contributed by atoms with Crippen molar-refractivity contribution in [1.82, 2.24) is 9.78 Å². The lowest BCUT2D eigenvalue weighted by Crippen LogP contribution is -2.10. The van der Waals surface area contributed by atoms with Crippen LogP contribution in [0.3, 0.4) is 0 Å². The lowest BCUT2D eigenvalue weighted by atomic mass is 10.1. The average Bonchev–Trinajstić information content (AvgIpc) is 2.73. The van der Waals surface area contributed by atoms with Gasteiger partial charge in [-0.15, -0.1) is 0 Å². The van der Waals surface area contributed by atoms with Gasteiger partial charge in [-0.25, -0.2) is 4.68 Å². The Kier molecular flexibility index (Phi) is 3.13. The molecule has 0 bridgehead atoms. The lowest BCUT2D eigenvalue weighted by Gasteiger charge is -2.12. The smallest absolute Gasteiger partial charge is 0.326 e. The molecule has 3 nitrogen and oxygen atoms in total. The van der Waals surface area contributed by atoms with Crippen LogP contribution >= 0.6 is 0 Å². The number of benzene rings is 1. The van der Waals surface area contributed by atoms with Crippen molar-refractivity contribution in [3.63, 3.8) is 0 Å². The molecule has 0 saturated carbocycles. The predicted octanol–water partition coefficient (Wildman–Crippen LogP) is 2.66. The Labute approximate surface area is 102 Å². The van der Waals surface area contributed by atoms with Crippen LogP contribution in [0.4, 0.5) is 13.2 Å². The third-order valence-corrected chi connectivity index (χ3v) is 2.59. The summed E-state index contributed by atoms with van der Waals surface area (Å²) in [5.74, 6) is 0. The highest BCUT2D eigenvalue weighted by Gasteiger charge is 2.31. The summed E-state index contributed by atoms with van der Waals surface area (Å²) < 4.78 is 39.3. The highest BCUT2D eigenvalue weighted by atomic mass is 19.4. The quantitative estimate of drug-likeness (QED) is 0.896. The number of aromatic nitrogens is 2. The van der Waals surface area contributed by atoms with Gasteiger partial charge in [-0.2, -0.15) is 18.3 Å². The number of hydrogen-bond acceptors (Lipinski definition) is 2. The molecule has 0 aliphatic heterocycles. The fourth-order valence-corrected chi connectivity index (χ4v) is 1.69. The van der Waals surface area contributed by atoms with Crippen LogP contribution in [0.2, 0.25) is 0 Å². The predicted molar refractivity (Wildman–Crippen MR) is 61.2 cm³/mol. The van der Waals surface area contributed by atoms with Gasteiger partial charge < -0.3 is 5.73 Å². The van der Waals surface area contributed by atoms with E-state index < -0.39 is 11.7 Å². The van der Waals surface area contributed by atoms with Crippen molar-refractivity contribution in [2.24, 2.45) is 5.73 Å². The molecule has 0 atom stereocenters. The van der Waals surface area contributed by atoms with Crippen molar-refractivity contribution in [1.29, 1.82) is 0 Å². The molecule has 0 aliphatic rings. The van der Waals surface area contributed by atoms with E-state index in [0.717, 1.165) is 17.7 Å². The fraction of sp³-hybridized carbons (Fsp3) is 0.250. The summed E-state index contributed by atoms with van der Waals surface area (Å²) in [6.07, 6.45) is -0.984. The lowest BCUT2D eigenvalue weighted by molar-refractivity contribution is -0.137. The summed E-state index contributed by atoms with van der Waals surface area (Å²) in [7, 11) is 0. The molecule has 0 saturated heterocycles. The Hall–Kier alpha value is -1.82. The summed E-state index contributed by atoms with van der Waals surface area (Å²) in [6, 6.07) is 3.48. The molecule has 0 fully saturated rings. The number of nitrogens with zero attached hydrogens (tertiary/aromatic N) is 2. The Morgan fingerprint density at radius 2 is 2.06 bits per heavy atom. The molecule has 0 unspecified atom stereocenters. The van der Waals surface area contributed by atoms with E-state index in [4.69, 9.17) is 5.73 Å². The SMILES string of the molecule is Cc1cnn(-c2ccc(C(F)(F)F)cc2CN)c1. The minimum Gasteiger partial charge on any atom is -0.326 e. The number of nitrogens with two attached hydrogens (primary N) is 1. The Morgan fingerprint density at radius 1 is 1.33 bits per heavy atom. The molecule has 96 valence electrons. The van der Waals surface area contributed by atoms with Gasteiger partial charge in [0.1, 0.15) is 0 Å². The molecule has 2 aromatic rings. The molecule has 1 heterocycles. The number of hydrogen-bond donors (Lipinski definition) is 1. The van der Waals surface area contributed by atoms with Gasteiger partial charge in [-0.3, -0.25) is 0 Å². The summed E-state index contributed by atoms with van der Waals surface area (Å²) in [5.41, 5.74) is 6.71. The van der Waals surface area contributed by atoms with E-state index in [1.165, 1.54) is 10.7 Å². The molecule has 18 heavy (non-hydrogen) atoms. The highest BCUT2D eigenvalue weighted by Crippen LogP contribution is 2.31. The zero-order valence-corrected chi connectivity index (χ0v) is 9.70. The van der Waals surface area contributed by atoms with Crippen LogP contribution in [0.25, 0.3) is 5.69 Å². The standard InChI is InChI=1S/C12H12F3N3/c1-8-6-17-18(7-8)11-3-2-10(12(13,14)15)4-9(11)5-16/h2-4,6-7H,5,16H2,1H3. The third kappa shape index (κ3) is 2.38. The minimum absolute atomic E-state index is 0.0260. The largest absolute Gasteiger partial charge is 0.416 e. The van der Waals surface area contributed by atoms with Crippen LogP contribution < -0.4 is 5.73 Å². The van der Waals surface area contributed by atoms with Crippen molar-refractivity contribution < 1.29 is 13.2 Å². The number of aryl methyl sites for hydroxylation is 1. The van der Waals surface area contributed by atoms with Crippen LogP contribution in [-0.4, -0.2) is 9.78 Å². The van der Waals surface area contributed by atoms with Gasteiger partial charge >= 0.3 is 6.18 Å². The molecular formula is C12H12F3N3. The number of rotatable bonds is 2. The van der Waals surface area contributed by atoms with Gasteiger partial charge in [0.15, 0.2) is 0 Å². The molecule has 2 rings (SSSR count). The minimum atomic E-state index is -4.36. The van der Waals surface area contributed by atoms with Crippen LogP contribution in [0.15, 0.2) is 30.6 Å². The average molecular weight is 255 g/mol. The van der Waals surface area contributed by atoms with Gasteiger partial charge in [0.2, 0.25) is 0 Å². The maximum atomic E-state index is 12.6. The zero-order chi connectivity index (χ0) is 13.3. The van der Waals surface area contributed by atoms with Crippen molar-refractivity contribution in [2.45, 2.75) is 19.6 Å². The second-order valence-electron chi connectivity index (χ2n) is 4.01. The fourth-order valence-electron chi connectivity index (χ4n) is 1.69. The van der Waals surface area contributed by atoms with Crippen LogP contribution in [0.1, 0.15) is 16.7 Å². The number of halogens is 3. The van der Waals surface area contributed by atoms with Crippen molar-refractivity contribution >= 4 is 0 Å². The van der Waals surface area contributed by atoms with Gasteiger partial charge in [0.05, 0.1) is 17.4 Å². The first-order valence-corrected chi connectivity index (χ1v) is 5.33. The van der Waals surface area contributed by atoms with E-state index in [1.54, 1.807) is 12.4 Å². The van der Waals surface area contributed by atoms with E-state index in [-0.39, 0.29) is 6.54 Å². The Bertz CT molecular complexity index is 558. The van der Waals surface area contributed by atoms with Gasteiger partial charge in [0, 0.05) is 12.7 Å². The third-order valence-electron chi connectivity index (χ3n) is 2.59. The van der Waals surface area contributed by atoms with E-state index in [2.05, 4.69) is 5.10 Å². The first-order valence-electron chi connectivity index (χ1n) is 5.33.